The van der Waals surface area contributed by atoms with E-state index < -0.39 is 188 Å². The average Bonchev–Trinajstić information content (AvgIpc) is 4.07. The van der Waals surface area contributed by atoms with Crippen LogP contribution in [0.25, 0.3) is 0 Å². The zero-order chi connectivity index (χ0) is 45.3. The van der Waals surface area contributed by atoms with Crippen molar-refractivity contribution in [1.29, 1.82) is 0 Å². The maximum atomic E-state index is 14.7. The largest absolute Gasteiger partial charge is 0.437 e. The van der Waals surface area contributed by atoms with E-state index in [2.05, 4.69) is 25.4 Å². The minimum atomic E-state index is -4.94. The second kappa shape index (κ2) is 11.8. The maximum Gasteiger partial charge on any atom is 0.437 e. The molecule has 338 valence electrons. The number of ether oxygens (including phenoxy) is 3. The molecule has 13 atom stereocenters. The quantitative estimate of drug-likeness (QED) is 0.122. The van der Waals surface area contributed by atoms with E-state index >= 15 is 0 Å². The Labute approximate surface area is 352 Å². The van der Waals surface area contributed by atoms with Crippen molar-refractivity contribution in [1.82, 2.24) is 14.7 Å². The summed E-state index contributed by atoms with van der Waals surface area (Å²) in [6.07, 6.45) is -11.9. The van der Waals surface area contributed by atoms with Gasteiger partial charge in [0, 0.05) is 53.0 Å². The summed E-state index contributed by atoms with van der Waals surface area (Å²) in [7, 11) is -2.86. The second-order valence-electron chi connectivity index (χ2n) is 17.9. The molecule has 6 saturated heterocycles. The van der Waals surface area contributed by atoms with Gasteiger partial charge in [-0.2, -0.15) is 39.5 Å². The molecule has 6 amide bonds. The molecular formula is C37H28F9N8O9P. The Bertz CT molecular complexity index is 2230. The first-order valence-corrected chi connectivity index (χ1v) is 21.4. The molecule has 12 aliphatic rings. The minimum absolute atomic E-state index is 0.627. The van der Waals surface area contributed by atoms with Gasteiger partial charge in [0.05, 0.1) is 53.8 Å². The zero-order valence-electron chi connectivity index (χ0n) is 32.1. The van der Waals surface area contributed by atoms with Crippen molar-refractivity contribution < 1.29 is 82.5 Å². The topological polar surface area (TPSA) is 202 Å². The van der Waals surface area contributed by atoms with Crippen LogP contribution in [-0.2, 0) is 43.0 Å². The first kappa shape index (κ1) is 40.7. The monoisotopic (exact) mass is 930 g/mol. The van der Waals surface area contributed by atoms with Crippen LogP contribution in [0.5, 0.6) is 0 Å². The van der Waals surface area contributed by atoms with Gasteiger partial charge < -0.3 is 14.2 Å². The number of aliphatic imine (C=N–C) groups is 1. The average molecular weight is 931 g/mol. The maximum absolute atomic E-state index is 14.7. The summed E-state index contributed by atoms with van der Waals surface area (Å²) in [6, 6.07) is 0. The van der Waals surface area contributed by atoms with Crippen LogP contribution in [0.15, 0.2) is 61.9 Å². The van der Waals surface area contributed by atoms with Crippen LogP contribution in [0.3, 0.4) is 0 Å². The molecule has 0 aliphatic carbocycles. The number of carbonyl (C=O) groups excluding carboxylic acids is 6. The number of halogens is 9. The van der Waals surface area contributed by atoms with E-state index in [9.17, 15) is 68.3 Å². The third-order valence-electron chi connectivity index (χ3n) is 14.9. The van der Waals surface area contributed by atoms with E-state index in [1.807, 2.05) is 0 Å². The molecule has 12 heterocycles. The molecule has 6 fully saturated rings. The van der Waals surface area contributed by atoms with E-state index in [4.69, 9.17) is 14.2 Å². The Balaban J connectivity index is 0.952. The summed E-state index contributed by atoms with van der Waals surface area (Å²) in [5.41, 5.74) is -8.29. The first-order chi connectivity index (χ1) is 29.9. The van der Waals surface area contributed by atoms with Gasteiger partial charge in [-0.3, -0.25) is 48.5 Å². The van der Waals surface area contributed by atoms with Crippen molar-refractivity contribution in [2.75, 3.05) is 19.6 Å². The normalized spacial score (nSPS) is 44.2. The lowest BCUT2D eigenvalue weighted by Crippen LogP contribution is -2.55. The van der Waals surface area contributed by atoms with Crippen LogP contribution in [0, 0.1) is 35.5 Å². The number of rotatable bonds is 12. The number of carbonyl (C=O) groups is 6. The van der Waals surface area contributed by atoms with E-state index in [1.165, 1.54) is 36.5 Å². The van der Waals surface area contributed by atoms with Crippen LogP contribution in [-0.4, -0.2) is 146 Å². The van der Waals surface area contributed by atoms with Crippen LogP contribution >= 0.6 is 7.92 Å². The number of hydrogen-bond acceptors (Lipinski definition) is 14. The van der Waals surface area contributed by atoms with Crippen molar-refractivity contribution in [3.63, 3.8) is 0 Å². The zero-order valence-corrected chi connectivity index (χ0v) is 33.0. The summed E-state index contributed by atoms with van der Waals surface area (Å²) < 4.78 is 145. The Morgan fingerprint density at radius 2 is 0.812 bits per heavy atom. The standard InChI is InChI=1S/C37H28F9N8O9P/c38-35(39,40)29(13-47-29)7-10-52-23(55)17-14-1-4-30(61-14,20(17)26(52)58)64(31-5-2-15(62-31)18-21(31)27(59)53(24(18)56)11-8-33(48-49-33)36(41,42)43)32-6-3-16(63-32)19-22(32)28(60)54(25(19)57)12-9-34(50-51-34)37(44,45)46/h1-6,13-22H,7-12H2. The van der Waals surface area contributed by atoms with Gasteiger partial charge in [-0.15, -0.1) is 20.5 Å². The second-order valence-corrected chi connectivity index (χ2v) is 20.6. The molecular weight excluding hydrogens is 902 g/mol. The van der Waals surface area contributed by atoms with Gasteiger partial charge in [0.15, 0.2) is 5.54 Å². The predicted molar refractivity (Wildman–Crippen MR) is 187 cm³/mol. The lowest BCUT2D eigenvalue weighted by molar-refractivity contribution is -0.167. The predicted octanol–water partition coefficient (Wildman–Crippen LogP) is 3.27. The number of fused-ring (bicyclic) bond motifs is 15. The van der Waals surface area contributed by atoms with E-state index in [1.54, 1.807) is 0 Å². The Morgan fingerprint density at radius 3 is 1.08 bits per heavy atom. The molecule has 0 saturated carbocycles. The summed E-state index contributed by atoms with van der Waals surface area (Å²) in [6.45, 7) is -2.30. The van der Waals surface area contributed by atoms with E-state index in [0.29, 0.717) is 20.9 Å². The molecule has 12 rings (SSSR count). The van der Waals surface area contributed by atoms with Gasteiger partial charge in [0.1, 0.15) is 16.0 Å². The molecule has 17 nitrogen and oxygen atoms in total. The lowest BCUT2D eigenvalue weighted by atomic mass is 9.83. The third-order valence-corrected chi connectivity index (χ3v) is 18.6. The summed E-state index contributed by atoms with van der Waals surface area (Å²) >= 11 is 0. The molecule has 0 N–H and O–H groups in total. The molecule has 27 heteroatoms. The Morgan fingerprint density at radius 1 is 0.500 bits per heavy atom. The number of likely N-dealkylation sites (tertiary alicyclic amines) is 3. The molecule has 0 radical (unpaired) electrons. The number of hydrogen-bond donors (Lipinski definition) is 0. The Kier molecular flexibility index (Phi) is 7.48. The highest BCUT2D eigenvalue weighted by Crippen LogP contribution is 2.85. The third kappa shape index (κ3) is 4.69. The Hall–Kier alpha value is -4.81. The summed E-state index contributed by atoms with van der Waals surface area (Å²) in [4.78, 5) is 91.9. The van der Waals surface area contributed by atoms with Crippen molar-refractivity contribution in [3.05, 3.63) is 36.5 Å². The van der Waals surface area contributed by atoms with Crippen LogP contribution in [0.4, 0.5) is 39.5 Å². The van der Waals surface area contributed by atoms with Crippen molar-refractivity contribution in [3.8, 4) is 0 Å². The van der Waals surface area contributed by atoms with Crippen molar-refractivity contribution in [2.24, 2.45) is 61.0 Å². The molecule has 6 bridgehead atoms. The van der Waals surface area contributed by atoms with Crippen LogP contribution in [0.1, 0.15) is 19.3 Å². The van der Waals surface area contributed by atoms with Crippen molar-refractivity contribution in [2.45, 2.75) is 89.0 Å². The fourth-order valence-electron chi connectivity index (χ4n) is 11.7. The molecule has 0 spiro atoms. The number of imide groups is 3. The fourth-order valence-corrected chi connectivity index (χ4v) is 16.3. The fraction of sp³-hybridized carbons (Fsp3) is 0.649. The highest BCUT2D eigenvalue weighted by Gasteiger charge is 2.85. The van der Waals surface area contributed by atoms with Gasteiger partial charge in [0.25, 0.3) is 11.3 Å². The molecule has 64 heavy (non-hydrogen) atoms. The number of alkyl halides is 9. The highest BCUT2D eigenvalue weighted by atomic mass is 31.1. The van der Waals surface area contributed by atoms with E-state index in [-0.39, 0.29) is 0 Å². The summed E-state index contributed by atoms with van der Waals surface area (Å²) in [5, 5.41) is 6.10. The number of amides is 6. The molecule has 0 aromatic rings. The molecule has 0 aromatic carbocycles. The minimum Gasteiger partial charge on any atom is -0.357 e. The van der Waals surface area contributed by atoms with E-state index in [0.717, 1.165) is 0 Å². The number of nitrogens with zero attached hydrogens (tertiary/aromatic N) is 8. The molecule has 13 unspecified atom stereocenters. The lowest BCUT2D eigenvalue weighted by Gasteiger charge is -2.53. The SMILES string of the molecule is O=C1C2C3C=CC(P(C45C=CC(O4)C4C(=O)N(CCC6(C(F)(F)F)N=N6)C(=O)C45)C45C=CC(O4)C4C(=O)N(CCC6(C(F)(F)F)N=N6)C(=O)C45)(O3)C2C(=O)N1CCC1(C(F)(F)F)C=N1. The van der Waals surface area contributed by atoms with Crippen LogP contribution in [0.2, 0.25) is 0 Å². The van der Waals surface area contributed by atoms with Gasteiger partial charge in [0.2, 0.25) is 35.4 Å². The van der Waals surface area contributed by atoms with Crippen molar-refractivity contribution >= 4 is 49.6 Å². The van der Waals surface area contributed by atoms with Gasteiger partial charge in [-0.05, 0) is 18.2 Å². The van der Waals surface area contributed by atoms with Gasteiger partial charge >= 0.3 is 18.5 Å². The van der Waals surface area contributed by atoms with Gasteiger partial charge in [-0.1, -0.05) is 18.2 Å². The molecule has 12 aliphatic heterocycles. The summed E-state index contributed by atoms with van der Waals surface area (Å²) in [5.74, 6) is -14.7. The first-order valence-electron chi connectivity index (χ1n) is 20.0. The highest BCUT2D eigenvalue weighted by molar-refractivity contribution is 7.63. The van der Waals surface area contributed by atoms with Crippen LogP contribution < -0.4 is 0 Å². The van der Waals surface area contributed by atoms with Gasteiger partial charge in [-0.25, -0.2) is 0 Å². The smallest absolute Gasteiger partial charge is 0.357 e. The molecule has 0 aromatic heterocycles.